The van der Waals surface area contributed by atoms with Gasteiger partial charge in [0.15, 0.2) is 0 Å². The lowest BCUT2D eigenvalue weighted by Gasteiger charge is -2.19. The van der Waals surface area contributed by atoms with Crippen molar-refractivity contribution < 1.29 is 9.18 Å². The standard InChI is InChI=1S/C17H28N4.C13H22FN.CH3NO/c1-6-13(9-12-21-17(2,3)4)7-8-14-15(19-5)10-11-20-16(14)18;1-4-6-7-8-13(14)11-12(5-2)9-10-15-3;2-1-3/h7-11,21H,6,12H2,1-5H3,(H3,18,19,20);4,6-8,11-12,15H,5,9-10H2,1-3H3;1H,(H2,2,3)/b8-7+,13-9+;6-4-,8-7-,13-11-;. The van der Waals surface area contributed by atoms with Crippen LogP contribution in [0.25, 0.3) is 6.08 Å². The molecule has 1 rings (SSSR count). The highest BCUT2D eigenvalue weighted by atomic mass is 19.1. The van der Waals surface area contributed by atoms with Crippen molar-refractivity contribution in [3.63, 3.8) is 0 Å². The van der Waals surface area contributed by atoms with E-state index in [2.05, 4.69) is 73.4 Å². The summed E-state index contributed by atoms with van der Waals surface area (Å²) in [5.41, 5.74) is 13.4. The summed E-state index contributed by atoms with van der Waals surface area (Å²) >= 11 is 0. The maximum atomic E-state index is 13.3. The van der Waals surface area contributed by atoms with Gasteiger partial charge in [-0.2, -0.15) is 0 Å². The fourth-order valence-corrected chi connectivity index (χ4v) is 3.17. The van der Waals surface area contributed by atoms with Crippen molar-refractivity contribution in [1.29, 1.82) is 0 Å². The highest BCUT2D eigenvalue weighted by molar-refractivity contribution is 5.75. The van der Waals surface area contributed by atoms with Crippen LogP contribution in [0, 0.1) is 5.92 Å². The highest BCUT2D eigenvalue weighted by Crippen LogP contribution is 2.22. The molecular formula is C31H53FN6O. The van der Waals surface area contributed by atoms with Crippen LogP contribution in [0.1, 0.15) is 66.4 Å². The van der Waals surface area contributed by atoms with Crippen LogP contribution in [-0.4, -0.2) is 44.1 Å². The first-order valence-corrected chi connectivity index (χ1v) is 13.5. The normalized spacial score (nSPS) is 13.2. The second-order valence-electron chi connectivity index (χ2n) is 9.64. The summed E-state index contributed by atoms with van der Waals surface area (Å²) in [4.78, 5) is 12.7. The molecule has 0 aliphatic heterocycles. The number of nitrogen functional groups attached to an aromatic ring is 1. The molecule has 1 heterocycles. The first-order chi connectivity index (χ1) is 18.5. The summed E-state index contributed by atoms with van der Waals surface area (Å²) < 4.78 is 13.3. The molecule has 0 saturated carbocycles. The number of nitrogens with one attached hydrogen (secondary N) is 3. The van der Waals surface area contributed by atoms with E-state index in [1.54, 1.807) is 18.3 Å². The lowest BCUT2D eigenvalue weighted by Crippen LogP contribution is -2.35. The van der Waals surface area contributed by atoms with Crippen molar-refractivity contribution in [3.8, 4) is 0 Å². The van der Waals surface area contributed by atoms with Gasteiger partial charge in [0.1, 0.15) is 11.6 Å². The van der Waals surface area contributed by atoms with Crippen molar-refractivity contribution in [1.82, 2.24) is 15.6 Å². The number of rotatable bonds is 13. The van der Waals surface area contributed by atoms with Gasteiger partial charge >= 0.3 is 0 Å². The fourth-order valence-electron chi connectivity index (χ4n) is 3.17. The van der Waals surface area contributed by atoms with E-state index in [9.17, 15) is 4.39 Å². The second-order valence-corrected chi connectivity index (χ2v) is 9.64. The summed E-state index contributed by atoms with van der Waals surface area (Å²) in [6.07, 6.45) is 19.9. The molecule has 7 nitrogen and oxygen atoms in total. The van der Waals surface area contributed by atoms with Gasteiger partial charge in [-0.3, -0.25) is 4.79 Å². The fraction of sp³-hybridized carbons (Fsp3) is 0.484. The number of aromatic nitrogens is 1. The summed E-state index contributed by atoms with van der Waals surface area (Å²) in [7, 11) is 3.80. The van der Waals surface area contributed by atoms with Gasteiger partial charge in [-0.15, -0.1) is 0 Å². The van der Waals surface area contributed by atoms with Gasteiger partial charge in [0.05, 0.1) is 0 Å². The van der Waals surface area contributed by atoms with Gasteiger partial charge in [0.2, 0.25) is 6.41 Å². The van der Waals surface area contributed by atoms with Gasteiger partial charge in [0.25, 0.3) is 0 Å². The quantitative estimate of drug-likeness (QED) is 0.150. The topological polar surface area (TPSA) is 118 Å². The van der Waals surface area contributed by atoms with Gasteiger partial charge in [-0.25, -0.2) is 9.37 Å². The van der Waals surface area contributed by atoms with Crippen LogP contribution in [0.4, 0.5) is 15.9 Å². The van der Waals surface area contributed by atoms with Crippen molar-refractivity contribution >= 4 is 24.0 Å². The Morgan fingerprint density at radius 2 is 1.85 bits per heavy atom. The molecule has 0 spiro atoms. The minimum atomic E-state index is -0.143. The third-order valence-electron chi connectivity index (χ3n) is 5.40. The molecule has 220 valence electrons. The number of pyridine rings is 1. The van der Waals surface area contributed by atoms with Crippen molar-refractivity contribution in [2.24, 2.45) is 11.7 Å². The van der Waals surface area contributed by atoms with Crippen molar-refractivity contribution in [3.05, 3.63) is 71.8 Å². The van der Waals surface area contributed by atoms with Crippen LogP contribution in [0.5, 0.6) is 0 Å². The minimum absolute atomic E-state index is 0.131. The number of carbonyl (C=O) groups is 1. The SMILES string of the molecule is CCC(/C=C/c1c(NC)ccnc1N)=C\CNC(C)(C)C.C\C=C/C=C\C(F)=C\C(CC)CCNC.NC=O. The van der Waals surface area contributed by atoms with E-state index in [4.69, 9.17) is 10.5 Å². The maximum absolute atomic E-state index is 13.3. The third kappa shape index (κ3) is 21.4. The first-order valence-electron chi connectivity index (χ1n) is 13.5. The van der Waals surface area contributed by atoms with E-state index in [0.717, 1.165) is 43.6 Å². The van der Waals surface area contributed by atoms with Crippen molar-refractivity contribution in [2.45, 2.75) is 66.3 Å². The van der Waals surface area contributed by atoms with Crippen LogP contribution in [0.2, 0.25) is 0 Å². The van der Waals surface area contributed by atoms with Gasteiger partial charge in [-0.1, -0.05) is 49.8 Å². The Bertz CT molecular complexity index is 929. The van der Waals surface area contributed by atoms with E-state index in [1.807, 2.05) is 45.3 Å². The molecule has 0 aliphatic rings. The number of halogens is 1. The molecule has 1 unspecified atom stereocenters. The molecule has 7 N–H and O–H groups in total. The molecule has 0 radical (unpaired) electrons. The Labute approximate surface area is 236 Å². The van der Waals surface area contributed by atoms with E-state index >= 15 is 0 Å². The number of nitrogens with two attached hydrogens (primary N) is 2. The first kappa shape index (κ1) is 37.9. The van der Waals surface area contributed by atoms with Crippen molar-refractivity contribution in [2.75, 3.05) is 38.2 Å². The third-order valence-corrected chi connectivity index (χ3v) is 5.40. The molecule has 0 saturated heterocycles. The lowest BCUT2D eigenvalue weighted by molar-refractivity contribution is -0.106. The summed E-state index contributed by atoms with van der Waals surface area (Å²) in [6, 6.07) is 1.92. The molecule has 0 aliphatic carbocycles. The number of primary amides is 1. The van der Waals surface area contributed by atoms with Crippen LogP contribution in [0.3, 0.4) is 0 Å². The van der Waals surface area contributed by atoms with Crippen LogP contribution >= 0.6 is 0 Å². The summed E-state index contributed by atoms with van der Waals surface area (Å²) in [5, 5.41) is 9.67. The molecule has 0 bridgehead atoms. The highest BCUT2D eigenvalue weighted by Gasteiger charge is 2.07. The number of nitrogens with zero attached hydrogens (tertiary/aromatic N) is 1. The Balaban J connectivity index is 0. The Kier molecular flexibility index (Phi) is 23.2. The number of anilines is 2. The molecule has 0 fully saturated rings. The second kappa shape index (κ2) is 23.9. The summed E-state index contributed by atoms with van der Waals surface area (Å²) in [5.74, 6) is 0.727. The van der Waals surface area contributed by atoms with E-state index in [0.29, 0.717) is 11.7 Å². The molecule has 0 aromatic carbocycles. The average molecular weight is 545 g/mol. The molecule has 8 heteroatoms. The van der Waals surface area contributed by atoms with E-state index in [1.165, 1.54) is 11.6 Å². The van der Waals surface area contributed by atoms with Gasteiger partial charge in [0, 0.05) is 36.6 Å². The molecule has 1 aromatic rings. The Hall–Kier alpha value is -3.23. The minimum Gasteiger partial charge on any atom is -0.387 e. The number of hydrogen-bond donors (Lipinski definition) is 5. The zero-order valence-corrected chi connectivity index (χ0v) is 25.4. The predicted octanol–water partition coefficient (Wildman–Crippen LogP) is 6.15. The van der Waals surface area contributed by atoms with Gasteiger partial charge < -0.3 is 27.4 Å². The zero-order chi connectivity index (χ0) is 30.1. The van der Waals surface area contributed by atoms with E-state index in [-0.39, 0.29) is 17.8 Å². The Morgan fingerprint density at radius 1 is 1.18 bits per heavy atom. The predicted molar refractivity (Wildman–Crippen MR) is 169 cm³/mol. The molecule has 1 atom stereocenters. The van der Waals surface area contributed by atoms with Gasteiger partial charge in [-0.05, 0) is 90.8 Å². The molecular weight excluding hydrogens is 491 g/mol. The number of hydrogen-bond acceptors (Lipinski definition) is 6. The number of amides is 1. The van der Waals surface area contributed by atoms with E-state index < -0.39 is 0 Å². The Morgan fingerprint density at radius 3 is 2.36 bits per heavy atom. The average Bonchev–Trinajstić information content (AvgIpc) is 2.89. The van der Waals surface area contributed by atoms with Crippen LogP contribution in [0.15, 0.2) is 66.2 Å². The van der Waals surface area contributed by atoms with Crippen LogP contribution in [-0.2, 0) is 4.79 Å². The zero-order valence-electron chi connectivity index (χ0n) is 25.4. The number of allylic oxidation sites excluding steroid dienone is 8. The molecule has 1 aromatic heterocycles. The van der Waals surface area contributed by atoms with Crippen LogP contribution < -0.4 is 27.4 Å². The number of carbonyl (C=O) groups excluding carboxylic acids is 1. The summed E-state index contributed by atoms with van der Waals surface area (Å²) in [6.45, 7) is 14.4. The molecule has 1 amide bonds. The largest absolute Gasteiger partial charge is 0.387 e. The maximum Gasteiger partial charge on any atom is 0.204 e. The lowest BCUT2D eigenvalue weighted by atomic mass is 10.0. The molecule has 39 heavy (non-hydrogen) atoms. The monoisotopic (exact) mass is 544 g/mol. The smallest absolute Gasteiger partial charge is 0.204 e.